The Morgan fingerprint density at radius 2 is 2.03 bits per heavy atom. The zero-order valence-electron chi connectivity index (χ0n) is 19.1. The van der Waals surface area contributed by atoms with Gasteiger partial charge in [-0.3, -0.25) is 9.69 Å². The molecule has 0 unspecified atom stereocenters. The Hall–Kier alpha value is -2.91. The zero-order chi connectivity index (χ0) is 23.1. The predicted molar refractivity (Wildman–Crippen MR) is 145 cm³/mol. The number of rotatable bonds is 5. The molecule has 9 heteroatoms. The molecule has 0 spiro atoms. The molecule has 2 aliphatic heterocycles. The van der Waals surface area contributed by atoms with Gasteiger partial charge in [0.1, 0.15) is 10.0 Å². The van der Waals surface area contributed by atoms with E-state index in [1.165, 1.54) is 10.4 Å². The zero-order valence-corrected chi connectivity index (χ0v) is 21.5. The van der Waals surface area contributed by atoms with E-state index in [9.17, 15) is 4.79 Å². The maximum absolute atomic E-state index is 12.9. The first-order valence-electron chi connectivity index (χ1n) is 11.3. The van der Waals surface area contributed by atoms with Crippen molar-refractivity contribution in [1.82, 2.24) is 9.88 Å². The summed E-state index contributed by atoms with van der Waals surface area (Å²) in [5.41, 5.74) is 4.29. The fraction of sp³-hybridized carbons (Fsp3) is 0.231. The normalized spacial score (nSPS) is 14.8. The van der Waals surface area contributed by atoms with Crippen LogP contribution in [-0.2, 0) is 17.8 Å². The van der Waals surface area contributed by atoms with Crippen LogP contribution in [0.5, 0.6) is 11.5 Å². The molecule has 6 rings (SSSR count). The Bertz CT molecular complexity index is 1400. The summed E-state index contributed by atoms with van der Waals surface area (Å²) in [5.74, 6) is 1.27. The van der Waals surface area contributed by atoms with Gasteiger partial charge in [-0.05, 0) is 54.4 Å². The number of carbonyl (C=O) groups excluding carboxylic acids is 1. The molecule has 0 radical (unpaired) electrons. The highest BCUT2D eigenvalue weighted by atomic mass is 35.5. The third-order valence-corrected chi connectivity index (χ3v) is 8.34. The molecule has 4 aromatic rings. The van der Waals surface area contributed by atoms with Gasteiger partial charge in [0, 0.05) is 29.6 Å². The molecule has 2 aliphatic rings. The fourth-order valence-corrected chi connectivity index (χ4v) is 6.77. The number of benzene rings is 2. The third-order valence-electron chi connectivity index (χ3n) is 6.15. The second kappa shape index (κ2) is 9.99. The lowest BCUT2D eigenvalue weighted by atomic mass is 10.0. The molecule has 35 heavy (non-hydrogen) atoms. The first-order chi connectivity index (χ1) is 16.7. The summed E-state index contributed by atoms with van der Waals surface area (Å²) in [7, 11) is 0. The minimum atomic E-state index is -0.161. The lowest BCUT2D eigenvalue weighted by Crippen LogP contribution is -2.29. The standard InChI is InChI=1S/C26H23N3O3S2.ClH/c1-2-29-12-11-17-22(14-29)34-26(24(17)25-27-18-5-3-4-6-21(18)33-25)28-23(30)10-8-16-7-9-19-20(13-16)32-15-31-19;/h3-10,13H,2,11-12,14-15H2,1H3,(H,28,30);1H/b10-8+;. The molecular weight excluding hydrogens is 502 g/mol. The second-order valence-corrected chi connectivity index (χ2v) is 10.4. The lowest BCUT2D eigenvalue weighted by Gasteiger charge is -2.25. The number of nitrogens with one attached hydrogen (secondary N) is 1. The Morgan fingerprint density at radius 3 is 2.89 bits per heavy atom. The van der Waals surface area contributed by atoms with Gasteiger partial charge in [-0.25, -0.2) is 4.98 Å². The molecule has 0 saturated heterocycles. The van der Waals surface area contributed by atoms with E-state index < -0.39 is 0 Å². The van der Waals surface area contributed by atoms with E-state index in [4.69, 9.17) is 14.5 Å². The van der Waals surface area contributed by atoms with E-state index in [0.29, 0.717) is 5.75 Å². The fourth-order valence-electron chi connectivity index (χ4n) is 4.36. The van der Waals surface area contributed by atoms with Crippen molar-refractivity contribution in [3.8, 4) is 22.1 Å². The highest BCUT2D eigenvalue weighted by Gasteiger charge is 2.27. The quantitative estimate of drug-likeness (QED) is 0.314. The number of fused-ring (bicyclic) bond motifs is 3. The minimum Gasteiger partial charge on any atom is -0.454 e. The van der Waals surface area contributed by atoms with Gasteiger partial charge in [-0.15, -0.1) is 35.1 Å². The van der Waals surface area contributed by atoms with Crippen molar-refractivity contribution < 1.29 is 14.3 Å². The van der Waals surface area contributed by atoms with E-state index in [1.807, 2.05) is 36.4 Å². The van der Waals surface area contributed by atoms with Gasteiger partial charge < -0.3 is 14.8 Å². The van der Waals surface area contributed by atoms with Crippen LogP contribution in [0.2, 0.25) is 0 Å². The van der Waals surface area contributed by atoms with Crippen LogP contribution in [0.25, 0.3) is 26.9 Å². The summed E-state index contributed by atoms with van der Waals surface area (Å²) in [6.07, 6.45) is 4.32. The Balaban J connectivity index is 0.00000253. The molecule has 0 bridgehead atoms. The third kappa shape index (κ3) is 4.67. The Morgan fingerprint density at radius 1 is 1.17 bits per heavy atom. The highest BCUT2D eigenvalue weighted by Crippen LogP contribution is 2.45. The molecule has 4 heterocycles. The number of hydrogen-bond donors (Lipinski definition) is 1. The molecule has 0 atom stereocenters. The summed E-state index contributed by atoms with van der Waals surface area (Å²) in [6.45, 7) is 5.38. The molecular formula is C26H24ClN3O3S2. The van der Waals surface area contributed by atoms with E-state index >= 15 is 0 Å². The predicted octanol–water partition coefficient (Wildman–Crippen LogP) is 6.21. The summed E-state index contributed by atoms with van der Waals surface area (Å²) in [4.78, 5) is 21.6. The number of thiophene rings is 1. The van der Waals surface area contributed by atoms with Crippen molar-refractivity contribution in [2.75, 3.05) is 25.2 Å². The minimum absolute atomic E-state index is 0. The van der Waals surface area contributed by atoms with Crippen LogP contribution in [0, 0.1) is 0 Å². The van der Waals surface area contributed by atoms with Crippen LogP contribution >= 0.6 is 35.1 Å². The molecule has 180 valence electrons. The number of thiazole rings is 1. The van der Waals surface area contributed by atoms with Gasteiger partial charge in [-0.1, -0.05) is 25.1 Å². The summed E-state index contributed by atoms with van der Waals surface area (Å²) < 4.78 is 11.9. The number of ether oxygens (including phenoxy) is 2. The first kappa shape index (κ1) is 23.8. The molecule has 0 fully saturated rings. The van der Waals surface area contributed by atoms with Crippen LogP contribution in [0.1, 0.15) is 22.9 Å². The van der Waals surface area contributed by atoms with Crippen molar-refractivity contribution in [2.45, 2.75) is 19.9 Å². The van der Waals surface area contributed by atoms with Gasteiger partial charge in [0.15, 0.2) is 11.5 Å². The van der Waals surface area contributed by atoms with Crippen LogP contribution in [0.4, 0.5) is 5.00 Å². The van der Waals surface area contributed by atoms with E-state index in [2.05, 4.69) is 23.2 Å². The number of hydrogen-bond acceptors (Lipinski definition) is 7. The topological polar surface area (TPSA) is 63.7 Å². The Kier molecular flexibility index (Phi) is 6.80. The average molecular weight is 526 g/mol. The number of carbonyl (C=O) groups is 1. The number of likely N-dealkylation sites (N-methyl/N-ethyl adjacent to an activating group) is 1. The number of amides is 1. The van der Waals surface area contributed by atoms with Crippen molar-refractivity contribution in [3.05, 3.63) is 64.5 Å². The second-order valence-electron chi connectivity index (χ2n) is 8.25. The van der Waals surface area contributed by atoms with E-state index in [0.717, 1.165) is 63.2 Å². The average Bonchev–Trinajstić information content (AvgIpc) is 3.57. The molecule has 0 saturated carbocycles. The smallest absolute Gasteiger partial charge is 0.249 e. The molecule has 6 nitrogen and oxygen atoms in total. The van der Waals surface area contributed by atoms with Gasteiger partial charge in [0.25, 0.3) is 0 Å². The summed E-state index contributed by atoms with van der Waals surface area (Å²) in [5, 5.41) is 5.00. The molecule has 0 aliphatic carbocycles. The summed E-state index contributed by atoms with van der Waals surface area (Å²) in [6, 6.07) is 13.8. The maximum Gasteiger partial charge on any atom is 0.249 e. The maximum atomic E-state index is 12.9. The summed E-state index contributed by atoms with van der Waals surface area (Å²) >= 11 is 3.36. The van der Waals surface area contributed by atoms with E-state index in [-0.39, 0.29) is 25.1 Å². The highest BCUT2D eigenvalue weighted by molar-refractivity contribution is 7.23. The molecule has 2 aromatic heterocycles. The lowest BCUT2D eigenvalue weighted by molar-refractivity contribution is -0.111. The SMILES string of the molecule is CCN1CCc2c(sc(NC(=O)/C=C/c3ccc4c(c3)OCO4)c2-c2nc3ccccc3s2)C1.Cl. The van der Waals surface area contributed by atoms with E-state index in [1.54, 1.807) is 34.8 Å². The van der Waals surface area contributed by atoms with Crippen LogP contribution in [-0.4, -0.2) is 35.7 Å². The van der Waals surface area contributed by atoms with Crippen molar-refractivity contribution in [3.63, 3.8) is 0 Å². The molecule has 1 N–H and O–H groups in total. The molecule has 2 aromatic carbocycles. The van der Waals surface area contributed by atoms with Crippen LogP contribution in [0.3, 0.4) is 0 Å². The number of para-hydroxylation sites is 1. The number of aromatic nitrogens is 1. The van der Waals surface area contributed by atoms with Crippen LogP contribution < -0.4 is 14.8 Å². The van der Waals surface area contributed by atoms with Gasteiger partial charge >= 0.3 is 0 Å². The van der Waals surface area contributed by atoms with Gasteiger partial charge in [-0.2, -0.15) is 0 Å². The first-order valence-corrected chi connectivity index (χ1v) is 12.9. The van der Waals surface area contributed by atoms with Gasteiger partial charge in [0.05, 0.1) is 10.2 Å². The largest absolute Gasteiger partial charge is 0.454 e. The van der Waals surface area contributed by atoms with Crippen molar-refractivity contribution in [1.29, 1.82) is 0 Å². The monoisotopic (exact) mass is 525 g/mol. The number of nitrogens with zero attached hydrogens (tertiary/aromatic N) is 2. The van der Waals surface area contributed by atoms with Crippen molar-refractivity contribution in [2.24, 2.45) is 0 Å². The van der Waals surface area contributed by atoms with Crippen molar-refractivity contribution >= 4 is 62.3 Å². The Labute approximate surface area is 217 Å². The molecule has 1 amide bonds. The number of anilines is 1. The van der Waals surface area contributed by atoms with Gasteiger partial charge in [0.2, 0.25) is 12.7 Å². The van der Waals surface area contributed by atoms with Crippen LogP contribution in [0.15, 0.2) is 48.5 Å². The number of halogens is 1.